The molecule has 0 spiro atoms. The first-order valence-electron chi connectivity index (χ1n) is 4.72. The lowest BCUT2D eigenvalue weighted by Crippen LogP contribution is -2.35. The molecule has 0 aromatic rings. The fraction of sp³-hybridized carbons (Fsp3) is 0.500. The van der Waals surface area contributed by atoms with Gasteiger partial charge < -0.3 is 44.2 Å². The summed E-state index contributed by atoms with van der Waals surface area (Å²) in [5.41, 5.74) is 24.6. The van der Waals surface area contributed by atoms with Crippen LogP contribution in [0.3, 0.4) is 0 Å². The molecule has 0 heterocycles. The van der Waals surface area contributed by atoms with Crippen LogP contribution in [-0.2, 0) is 4.79 Å². The van der Waals surface area contributed by atoms with Gasteiger partial charge >= 0.3 is 12.1 Å². The number of nitrogens with one attached hydrogen (secondary N) is 1. The van der Waals surface area contributed by atoms with Gasteiger partial charge in [0.05, 0.1) is 6.54 Å². The maximum atomic E-state index is 10.0. The summed E-state index contributed by atoms with van der Waals surface area (Å²) in [6.45, 7) is -0.185. The van der Waals surface area contributed by atoms with Crippen LogP contribution in [0.15, 0.2) is 9.98 Å². The van der Waals surface area contributed by atoms with Gasteiger partial charge in [0.15, 0.2) is 11.9 Å². The van der Waals surface area contributed by atoms with Crippen LogP contribution in [0.4, 0.5) is 4.79 Å². The second-order valence-corrected chi connectivity index (χ2v) is 2.93. The summed E-state index contributed by atoms with van der Waals surface area (Å²) in [4.78, 5) is 26.5. The Morgan fingerprint density at radius 1 is 1.05 bits per heavy atom. The Morgan fingerprint density at radius 2 is 1.50 bits per heavy atom. The fourth-order valence-electron chi connectivity index (χ4n) is 0.480. The third-order valence-electron chi connectivity index (χ3n) is 1.28. The Kier molecular flexibility index (Phi) is 14.2. The van der Waals surface area contributed by atoms with Crippen molar-refractivity contribution in [3.05, 3.63) is 0 Å². The summed E-state index contributed by atoms with van der Waals surface area (Å²) in [5, 5.41) is 18.1. The quantitative estimate of drug-likeness (QED) is 0.187. The van der Waals surface area contributed by atoms with E-state index in [4.69, 9.17) is 38.9 Å². The van der Waals surface area contributed by atoms with Crippen LogP contribution >= 0.6 is 0 Å². The monoisotopic (exact) mass is 294 g/mol. The molecule has 118 valence electrons. The fourth-order valence-corrected chi connectivity index (χ4v) is 0.480. The van der Waals surface area contributed by atoms with E-state index in [1.165, 1.54) is 0 Å². The van der Waals surface area contributed by atoms with E-state index in [0.717, 1.165) is 0 Å². The van der Waals surface area contributed by atoms with Crippen molar-refractivity contribution >= 4 is 24.0 Å². The molecule has 1 atom stereocenters. The van der Waals surface area contributed by atoms with Gasteiger partial charge in [0, 0.05) is 0 Å². The molecule has 13 N–H and O–H groups in total. The average molecular weight is 294 g/mol. The molecule has 20 heavy (non-hydrogen) atoms. The highest BCUT2D eigenvalue weighted by Crippen LogP contribution is 1.78. The zero-order valence-electron chi connectivity index (χ0n) is 9.98. The Labute approximate surface area is 115 Å². The van der Waals surface area contributed by atoms with Gasteiger partial charge in [-0.05, 0) is 0 Å². The first kappa shape index (κ1) is 22.4. The van der Waals surface area contributed by atoms with Gasteiger partial charge in [0.25, 0.3) is 0 Å². The minimum Gasteiger partial charge on any atom is -0.480 e. The number of amides is 1. The number of hydrogen-bond donors (Lipinski definition) is 8. The number of hydrogen-bond acceptors (Lipinski definition) is 5. The largest absolute Gasteiger partial charge is 0.480 e. The van der Waals surface area contributed by atoms with E-state index >= 15 is 0 Å². The first-order chi connectivity index (χ1) is 8.66. The minimum atomic E-state index is -1.15. The summed E-state index contributed by atoms with van der Waals surface area (Å²) in [5.74, 6) is -1.41. The number of aliphatic imine (C=N–C) groups is 2. The van der Waals surface area contributed by atoms with Gasteiger partial charge in [-0.3, -0.25) is 9.79 Å². The maximum absolute atomic E-state index is 10.0. The number of carbonyl (C=O) groups is 2. The number of rotatable bonds is 5. The highest BCUT2D eigenvalue weighted by molar-refractivity contribution is 5.77. The third kappa shape index (κ3) is 20.6. The zero-order valence-corrected chi connectivity index (χ0v) is 9.98. The Morgan fingerprint density at radius 3 is 1.80 bits per heavy atom. The normalized spacial score (nSPS) is 9.65. The number of aliphatic carboxylic acids is 1. The van der Waals surface area contributed by atoms with Crippen LogP contribution < -0.4 is 34.0 Å². The van der Waals surface area contributed by atoms with Gasteiger partial charge in [-0.2, -0.15) is 0 Å². The van der Waals surface area contributed by atoms with E-state index in [1.54, 1.807) is 0 Å². The molecule has 0 aliphatic carbocycles. The molecular formula is C8H22N8O4. The lowest BCUT2D eigenvalue weighted by atomic mass is 10.3. The predicted molar refractivity (Wildman–Crippen MR) is 74.9 cm³/mol. The third-order valence-corrected chi connectivity index (χ3v) is 1.28. The molecule has 0 rings (SSSR count). The van der Waals surface area contributed by atoms with Crippen molar-refractivity contribution in [1.82, 2.24) is 5.32 Å². The molecule has 0 aliphatic rings. The van der Waals surface area contributed by atoms with E-state index in [2.05, 4.69) is 9.98 Å². The molecule has 12 heteroatoms. The highest BCUT2D eigenvalue weighted by atomic mass is 16.4. The van der Waals surface area contributed by atoms with Crippen LogP contribution in [-0.4, -0.2) is 53.4 Å². The smallest absolute Gasteiger partial charge is 0.406 e. The van der Waals surface area contributed by atoms with Gasteiger partial charge in [-0.25, -0.2) is 9.79 Å². The van der Waals surface area contributed by atoms with E-state index in [9.17, 15) is 9.59 Å². The molecule has 0 saturated heterocycles. The lowest BCUT2D eigenvalue weighted by Gasteiger charge is -2.00. The average Bonchev–Trinajstić information content (AvgIpc) is 2.25. The standard InChI is InChI=1S/C4H10N4O2.C3H8N4O2.CH4/c5-2(3(9)10)1-8-4(6)7;4-2(5)6-1-7-3(8)9;/h2H,1,5H2,(H,9,10)(H4,6,7,8);7H,1H2,(H,8,9)(H4,4,5,6);1H4. The summed E-state index contributed by atoms with van der Waals surface area (Å²) in [6.07, 6.45) is -1.15. The van der Waals surface area contributed by atoms with Crippen LogP contribution in [0.2, 0.25) is 0 Å². The van der Waals surface area contributed by atoms with Crippen molar-refractivity contribution in [1.29, 1.82) is 0 Å². The SMILES string of the molecule is C.NC(N)=NCC(N)C(=O)O.NC(N)=NCNC(=O)O. The molecule has 0 aliphatic heterocycles. The number of carboxylic acid groups (broad SMARTS) is 2. The summed E-state index contributed by atoms with van der Waals surface area (Å²) in [7, 11) is 0. The summed E-state index contributed by atoms with van der Waals surface area (Å²) in [6, 6.07) is -1.03. The van der Waals surface area contributed by atoms with Crippen molar-refractivity contribution in [3.8, 4) is 0 Å². The van der Waals surface area contributed by atoms with Crippen LogP contribution in [0.1, 0.15) is 7.43 Å². The van der Waals surface area contributed by atoms with Gasteiger partial charge in [0.1, 0.15) is 12.7 Å². The summed E-state index contributed by atoms with van der Waals surface area (Å²) < 4.78 is 0. The van der Waals surface area contributed by atoms with Gasteiger partial charge in [-0.15, -0.1) is 0 Å². The van der Waals surface area contributed by atoms with Gasteiger partial charge in [-0.1, -0.05) is 7.43 Å². The van der Waals surface area contributed by atoms with Crippen LogP contribution in [0, 0.1) is 0 Å². The minimum absolute atomic E-state index is 0. The Balaban J connectivity index is -0.000000277. The molecule has 1 amide bonds. The molecular weight excluding hydrogens is 272 g/mol. The zero-order chi connectivity index (χ0) is 15.4. The van der Waals surface area contributed by atoms with Crippen molar-refractivity contribution in [2.45, 2.75) is 13.5 Å². The second-order valence-electron chi connectivity index (χ2n) is 2.93. The molecule has 0 bridgehead atoms. The van der Waals surface area contributed by atoms with E-state index in [-0.39, 0.29) is 32.6 Å². The van der Waals surface area contributed by atoms with Crippen molar-refractivity contribution < 1.29 is 19.8 Å². The maximum Gasteiger partial charge on any atom is 0.406 e. The Bertz CT molecular complexity index is 348. The first-order valence-corrected chi connectivity index (χ1v) is 4.72. The predicted octanol–water partition coefficient (Wildman–Crippen LogP) is -3.21. The topological polar surface area (TPSA) is 241 Å². The lowest BCUT2D eigenvalue weighted by molar-refractivity contribution is -0.138. The highest BCUT2D eigenvalue weighted by Gasteiger charge is 2.09. The van der Waals surface area contributed by atoms with Crippen LogP contribution in [0.25, 0.3) is 0 Å². The van der Waals surface area contributed by atoms with Crippen molar-refractivity contribution in [2.75, 3.05) is 13.2 Å². The van der Waals surface area contributed by atoms with Crippen LogP contribution in [0.5, 0.6) is 0 Å². The molecule has 0 radical (unpaired) electrons. The molecule has 0 aromatic heterocycles. The molecule has 1 unspecified atom stereocenters. The summed E-state index contributed by atoms with van der Waals surface area (Å²) >= 11 is 0. The van der Waals surface area contributed by atoms with E-state index in [0.29, 0.717) is 0 Å². The number of nitrogens with zero attached hydrogens (tertiary/aromatic N) is 2. The van der Waals surface area contributed by atoms with Gasteiger partial charge in [0.2, 0.25) is 0 Å². The van der Waals surface area contributed by atoms with E-state index < -0.39 is 18.1 Å². The molecule has 0 saturated carbocycles. The Hall–Kier alpha value is -2.76. The second kappa shape index (κ2) is 12.7. The number of guanidine groups is 2. The number of nitrogens with two attached hydrogens (primary N) is 5. The molecule has 0 aromatic carbocycles. The molecule has 0 fully saturated rings. The number of carboxylic acids is 1. The van der Waals surface area contributed by atoms with E-state index in [1.807, 2.05) is 5.32 Å². The van der Waals surface area contributed by atoms with Crippen molar-refractivity contribution in [3.63, 3.8) is 0 Å². The van der Waals surface area contributed by atoms with Crippen molar-refractivity contribution in [2.24, 2.45) is 38.7 Å². The molecule has 12 nitrogen and oxygen atoms in total.